The molecule has 0 N–H and O–H groups in total. The third-order valence-electron chi connectivity index (χ3n) is 1.29. The van der Waals surface area contributed by atoms with Gasteiger partial charge in [-0.05, 0) is 22.6 Å². The quantitative estimate of drug-likeness (QED) is 0.620. The number of hydrogen-bond donors (Lipinski definition) is 0. The summed E-state index contributed by atoms with van der Waals surface area (Å²) in [6.45, 7) is 0. The van der Waals surface area contributed by atoms with Crippen LogP contribution in [-0.4, -0.2) is 19.2 Å². The van der Waals surface area contributed by atoms with Crippen molar-refractivity contribution >= 4 is 34.2 Å². The summed E-state index contributed by atoms with van der Waals surface area (Å²) >= 11 is 7.85. The fourth-order valence-electron chi connectivity index (χ4n) is 0.789. The molecule has 1 aromatic heterocycles. The normalized spacial score (nSPS) is 9.67. The monoisotopic (exact) mass is 299 g/mol. The zero-order valence-electron chi connectivity index (χ0n) is 6.60. The van der Waals surface area contributed by atoms with Crippen molar-refractivity contribution < 1.29 is 9.47 Å². The lowest BCUT2D eigenvalue weighted by atomic mass is 10.4. The van der Waals surface area contributed by atoms with Crippen molar-refractivity contribution in [1.29, 1.82) is 0 Å². The second kappa shape index (κ2) is 4.13. The highest BCUT2D eigenvalue weighted by molar-refractivity contribution is 14.1. The molecule has 0 amide bonds. The molecule has 5 heteroatoms. The number of rotatable bonds is 2. The second-order valence-corrected chi connectivity index (χ2v) is 3.43. The first kappa shape index (κ1) is 9.85. The summed E-state index contributed by atoms with van der Waals surface area (Å²) < 4.78 is 10.8. The molecule has 66 valence electrons. The van der Waals surface area contributed by atoms with Gasteiger partial charge >= 0.3 is 0 Å². The summed E-state index contributed by atoms with van der Waals surface area (Å²) in [4.78, 5) is 4.00. The predicted molar refractivity (Wildman–Crippen MR) is 55.1 cm³/mol. The largest absolute Gasteiger partial charge is 0.493 e. The van der Waals surface area contributed by atoms with Gasteiger partial charge in [0.25, 0.3) is 0 Å². The zero-order chi connectivity index (χ0) is 9.14. The van der Waals surface area contributed by atoms with Gasteiger partial charge < -0.3 is 9.47 Å². The molecule has 0 saturated heterocycles. The molecule has 0 aliphatic rings. The van der Waals surface area contributed by atoms with Gasteiger partial charge in [-0.25, -0.2) is 4.98 Å². The Bertz CT molecular complexity index is 293. The van der Waals surface area contributed by atoms with Crippen LogP contribution in [0.1, 0.15) is 0 Å². The Labute approximate surface area is 89.2 Å². The standard InChI is InChI=1S/C7H7ClINO2/c1-11-4-3-5(9)10-7(8)6(4)12-2/h3H,1-2H3. The molecule has 0 aliphatic carbocycles. The number of pyridine rings is 1. The van der Waals surface area contributed by atoms with Crippen LogP contribution in [0.3, 0.4) is 0 Å². The molecular formula is C7H7ClINO2. The van der Waals surface area contributed by atoms with E-state index in [1.165, 1.54) is 7.11 Å². The highest BCUT2D eigenvalue weighted by Crippen LogP contribution is 2.33. The maximum atomic E-state index is 5.79. The fraction of sp³-hybridized carbons (Fsp3) is 0.286. The average Bonchev–Trinajstić information content (AvgIpc) is 2.03. The first-order chi connectivity index (χ1) is 5.69. The number of nitrogens with zero attached hydrogens (tertiary/aromatic N) is 1. The van der Waals surface area contributed by atoms with Crippen LogP contribution < -0.4 is 9.47 Å². The maximum Gasteiger partial charge on any atom is 0.198 e. The number of aromatic nitrogens is 1. The topological polar surface area (TPSA) is 31.4 Å². The Morgan fingerprint density at radius 1 is 1.42 bits per heavy atom. The van der Waals surface area contributed by atoms with E-state index in [0.29, 0.717) is 16.7 Å². The molecule has 0 aliphatic heterocycles. The number of halogens is 2. The van der Waals surface area contributed by atoms with Crippen LogP contribution in [0, 0.1) is 3.70 Å². The van der Waals surface area contributed by atoms with Gasteiger partial charge in [0, 0.05) is 6.07 Å². The molecule has 1 aromatic rings. The molecule has 0 radical (unpaired) electrons. The molecular weight excluding hydrogens is 292 g/mol. The van der Waals surface area contributed by atoms with Gasteiger partial charge in [0.2, 0.25) is 0 Å². The minimum absolute atomic E-state index is 0.321. The van der Waals surface area contributed by atoms with Crippen molar-refractivity contribution in [3.05, 3.63) is 14.9 Å². The van der Waals surface area contributed by atoms with E-state index in [1.807, 2.05) is 0 Å². The molecule has 0 bridgehead atoms. The predicted octanol–water partition coefficient (Wildman–Crippen LogP) is 2.36. The van der Waals surface area contributed by atoms with Crippen LogP contribution in [0.4, 0.5) is 0 Å². The van der Waals surface area contributed by atoms with E-state index in [4.69, 9.17) is 21.1 Å². The Hall–Kier alpha value is -0.230. The first-order valence-corrected chi connectivity index (χ1v) is 4.58. The minimum atomic E-state index is 0.321. The van der Waals surface area contributed by atoms with Crippen LogP contribution in [0.2, 0.25) is 5.15 Å². The van der Waals surface area contributed by atoms with Crippen molar-refractivity contribution in [3.63, 3.8) is 0 Å². The fourth-order valence-corrected chi connectivity index (χ4v) is 1.72. The van der Waals surface area contributed by atoms with E-state index < -0.39 is 0 Å². The molecule has 3 nitrogen and oxygen atoms in total. The van der Waals surface area contributed by atoms with E-state index in [-0.39, 0.29) is 0 Å². The second-order valence-electron chi connectivity index (χ2n) is 1.97. The van der Waals surface area contributed by atoms with E-state index in [1.54, 1.807) is 13.2 Å². The molecule has 0 atom stereocenters. The number of ether oxygens (including phenoxy) is 2. The van der Waals surface area contributed by atoms with Gasteiger partial charge in [-0.1, -0.05) is 11.6 Å². The van der Waals surface area contributed by atoms with E-state index in [2.05, 4.69) is 27.6 Å². The van der Waals surface area contributed by atoms with Crippen LogP contribution in [0.5, 0.6) is 11.5 Å². The van der Waals surface area contributed by atoms with E-state index >= 15 is 0 Å². The van der Waals surface area contributed by atoms with Gasteiger partial charge in [0.05, 0.1) is 14.2 Å². The van der Waals surface area contributed by atoms with Crippen molar-refractivity contribution in [1.82, 2.24) is 4.98 Å². The third-order valence-corrected chi connectivity index (χ3v) is 2.10. The van der Waals surface area contributed by atoms with Crippen LogP contribution in [0.25, 0.3) is 0 Å². The molecule has 0 unspecified atom stereocenters. The molecule has 0 aromatic carbocycles. The third kappa shape index (κ3) is 1.92. The Morgan fingerprint density at radius 2 is 2.08 bits per heavy atom. The summed E-state index contributed by atoms with van der Waals surface area (Å²) in [6, 6.07) is 1.76. The summed E-state index contributed by atoms with van der Waals surface area (Å²) in [6.07, 6.45) is 0. The average molecular weight is 299 g/mol. The molecule has 0 spiro atoms. The van der Waals surface area contributed by atoms with Crippen LogP contribution in [-0.2, 0) is 0 Å². The van der Waals surface area contributed by atoms with Gasteiger partial charge in [0.1, 0.15) is 3.70 Å². The first-order valence-electron chi connectivity index (χ1n) is 3.13. The van der Waals surface area contributed by atoms with Gasteiger partial charge in [0.15, 0.2) is 16.7 Å². The van der Waals surface area contributed by atoms with E-state index in [9.17, 15) is 0 Å². The highest BCUT2D eigenvalue weighted by atomic mass is 127. The van der Waals surface area contributed by atoms with Gasteiger partial charge in [-0.15, -0.1) is 0 Å². The molecule has 0 fully saturated rings. The van der Waals surface area contributed by atoms with Crippen molar-refractivity contribution in [2.24, 2.45) is 0 Å². The summed E-state index contributed by atoms with van der Waals surface area (Å²) in [5.74, 6) is 1.07. The summed E-state index contributed by atoms with van der Waals surface area (Å²) in [5, 5.41) is 0.321. The lowest BCUT2D eigenvalue weighted by molar-refractivity contribution is 0.353. The Kier molecular flexibility index (Phi) is 3.39. The Balaban J connectivity index is 3.24. The van der Waals surface area contributed by atoms with E-state index in [0.717, 1.165) is 3.70 Å². The lowest BCUT2D eigenvalue weighted by Gasteiger charge is -2.08. The smallest absolute Gasteiger partial charge is 0.198 e. The maximum absolute atomic E-state index is 5.79. The summed E-state index contributed by atoms with van der Waals surface area (Å²) in [7, 11) is 3.09. The van der Waals surface area contributed by atoms with Gasteiger partial charge in [-0.2, -0.15) is 0 Å². The minimum Gasteiger partial charge on any atom is -0.493 e. The number of methoxy groups -OCH3 is 2. The SMILES string of the molecule is COc1cc(I)nc(Cl)c1OC. The van der Waals surface area contributed by atoms with Gasteiger partial charge in [-0.3, -0.25) is 0 Å². The molecule has 1 heterocycles. The van der Waals surface area contributed by atoms with Crippen LogP contribution in [0.15, 0.2) is 6.07 Å². The van der Waals surface area contributed by atoms with Crippen LogP contribution >= 0.6 is 34.2 Å². The van der Waals surface area contributed by atoms with Crippen molar-refractivity contribution in [2.75, 3.05) is 14.2 Å². The highest BCUT2D eigenvalue weighted by Gasteiger charge is 2.10. The zero-order valence-corrected chi connectivity index (χ0v) is 9.51. The number of hydrogen-bond acceptors (Lipinski definition) is 3. The van der Waals surface area contributed by atoms with Crippen molar-refractivity contribution in [3.8, 4) is 11.5 Å². The Morgan fingerprint density at radius 3 is 2.58 bits per heavy atom. The molecule has 12 heavy (non-hydrogen) atoms. The van der Waals surface area contributed by atoms with Crippen molar-refractivity contribution in [2.45, 2.75) is 0 Å². The molecule has 0 saturated carbocycles. The molecule has 1 rings (SSSR count). The lowest BCUT2D eigenvalue weighted by Crippen LogP contribution is -1.94. The summed E-state index contributed by atoms with van der Waals surface area (Å²) in [5.41, 5.74) is 0.